The summed E-state index contributed by atoms with van der Waals surface area (Å²) in [7, 11) is 1.71. The number of piperazine rings is 1. The van der Waals surface area contributed by atoms with Crippen LogP contribution in [0, 0.1) is 0 Å². The Balaban J connectivity index is 1.26. The predicted octanol–water partition coefficient (Wildman–Crippen LogP) is -0.801. The summed E-state index contributed by atoms with van der Waals surface area (Å²) < 4.78 is 0. The first-order chi connectivity index (χ1) is 12.6. The molecule has 8 heteroatoms. The molecular weight excluding hydrogens is 332 g/mol. The standard InChI is InChI=1S/C18H26N6O2/c1-22-16-15(17(25)21-18(22)26)19-14(20-16)12-24-9-7-23(8-10-24)11-13-5-3-2-4-6-13/h2-6,14-16,19-20H,7-12H2,1H3,(H,21,25,26). The average Bonchev–Trinajstić information content (AvgIpc) is 3.07. The van der Waals surface area contributed by atoms with E-state index in [2.05, 4.69) is 50.0 Å². The molecule has 3 amide bonds. The fourth-order valence-electron chi connectivity index (χ4n) is 3.95. The Kier molecular flexibility index (Phi) is 4.90. The van der Waals surface area contributed by atoms with Gasteiger partial charge < -0.3 is 4.90 Å². The van der Waals surface area contributed by atoms with Crippen LogP contribution in [0.25, 0.3) is 0 Å². The molecule has 0 bridgehead atoms. The Bertz CT molecular complexity index is 661. The third-order valence-corrected chi connectivity index (χ3v) is 5.47. The number of hydrogen-bond donors (Lipinski definition) is 3. The number of nitrogens with one attached hydrogen (secondary N) is 3. The number of benzene rings is 1. The number of imide groups is 1. The molecule has 3 N–H and O–H groups in total. The number of amides is 3. The molecule has 8 nitrogen and oxygen atoms in total. The molecule has 140 valence electrons. The van der Waals surface area contributed by atoms with Crippen LogP contribution < -0.4 is 16.0 Å². The zero-order valence-electron chi connectivity index (χ0n) is 15.0. The molecular formula is C18H26N6O2. The number of rotatable bonds is 4. The molecule has 3 aliphatic heterocycles. The zero-order chi connectivity index (χ0) is 18.1. The molecule has 26 heavy (non-hydrogen) atoms. The molecule has 0 aromatic heterocycles. The van der Waals surface area contributed by atoms with Gasteiger partial charge in [-0.1, -0.05) is 30.3 Å². The highest BCUT2D eigenvalue weighted by atomic mass is 16.2. The number of fused-ring (bicyclic) bond motifs is 1. The van der Waals surface area contributed by atoms with Crippen molar-refractivity contribution in [3.05, 3.63) is 35.9 Å². The fourth-order valence-corrected chi connectivity index (χ4v) is 3.95. The van der Waals surface area contributed by atoms with Crippen molar-refractivity contribution in [3.8, 4) is 0 Å². The lowest BCUT2D eigenvalue weighted by atomic mass is 10.2. The minimum Gasteiger partial charge on any atom is -0.310 e. The van der Waals surface area contributed by atoms with Crippen molar-refractivity contribution in [1.29, 1.82) is 0 Å². The Morgan fingerprint density at radius 2 is 1.69 bits per heavy atom. The molecule has 1 aromatic carbocycles. The van der Waals surface area contributed by atoms with Gasteiger partial charge in [0.15, 0.2) is 0 Å². The molecule has 0 radical (unpaired) electrons. The summed E-state index contributed by atoms with van der Waals surface area (Å²) in [4.78, 5) is 30.2. The van der Waals surface area contributed by atoms with E-state index in [0.717, 1.165) is 39.3 Å². The van der Waals surface area contributed by atoms with Gasteiger partial charge in [0.2, 0.25) is 5.91 Å². The molecule has 0 saturated carbocycles. The molecule has 3 saturated heterocycles. The highest BCUT2D eigenvalue weighted by Gasteiger charge is 2.46. The number of nitrogens with zero attached hydrogens (tertiary/aromatic N) is 3. The lowest BCUT2D eigenvalue weighted by Gasteiger charge is -2.36. The SMILES string of the molecule is CN1C(=O)NC(=O)C2NC(CN3CCN(Cc4ccccc4)CC3)NC21. The van der Waals surface area contributed by atoms with E-state index >= 15 is 0 Å². The Hall–Kier alpha value is -2.00. The number of carbonyl (C=O) groups is 2. The minimum atomic E-state index is -0.387. The van der Waals surface area contributed by atoms with Crippen molar-refractivity contribution in [2.75, 3.05) is 39.8 Å². The Morgan fingerprint density at radius 3 is 2.42 bits per heavy atom. The quantitative estimate of drug-likeness (QED) is 0.654. The van der Waals surface area contributed by atoms with Crippen molar-refractivity contribution in [2.24, 2.45) is 0 Å². The van der Waals surface area contributed by atoms with Gasteiger partial charge in [-0.3, -0.25) is 30.5 Å². The molecule has 0 spiro atoms. The van der Waals surface area contributed by atoms with Gasteiger partial charge in [-0.25, -0.2) is 4.79 Å². The molecule has 3 atom stereocenters. The normalized spacial score (nSPS) is 30.3. The molecule has 0 aliphatic carbocycles. The van der Waals surface area contributed by atoms with E-state index in [-0.39, 0.29) is 30.3 Å². The number of hydrogen-bond acceptors (Lipinski definition) is 6. The van der Waals surface area contributed by atoms with Gasteiger partial charge in [0.1, 0.15) is 12.2 Å². The summed E-state index contributed by atoms with van der Waals surface area (Å²) in [5, 5.41) is 9.08. The summed E-state index contributed by atoms with van der Waals surface area (Å²) in [6, 6.07) is 9.82. The zero-order valence-corrected chi connectivity index (χ0v) is 15.0. The third-order valence-electron chi connectivity index (χ3n) is 5.47. The van der Waals surface area contributed by atoms with E-state index in [1.54, 1.807) is 11.9 Å². The smallest absolute Gasteiger partial charge is 0.310 e. The minimum absolute atomic E-state index is 0.00442. The number of urea groups is 1. The van der Waals surface area contributed by atoms with Gasteiger partial charge in [-0.15, -0.1) is 0 Å². The second-order valence-electron chi connectivity index (χ2n) is 7.28. The van der Waals surface area contributed by atoms with Crippen molar-refractivity contribution >= 4 is 11.9 Å². The van der Waals surface area contributed by atoms with Crippen LogP contribution in [0.3, 0.4) is 0 Å². The van der Waals surface area contributed by atoms with Crippen molar-refractivity contribution < 1.29 is 9.59 Å². The maximum absolute atomic E-state index is 12.0. The van der Waals surface area contributed by atoms with Gasteiger partial charge in [0.05, 0.1) is 6.17 Å². The van der Waals surface area contributed by atoms with E-state index in [1.165, 1.54) is 5.56 Å². The van der Waals surface area contributed by atoms with Crippen LogP contribution in [-0.4, -0.2) is 84.8 Å². The monoisotopic (exact) mass is 358 g/mol. The van der Waals surface area contributed by atoms with E-state index < -0.39 is 0 Å². The van der Waals surface area contributed by atoms with Crippen molar-refractivity contribution in [3.63, 3.8) is 0 Å². The van der Waals surface area contributed by atoms with Crippen LogP contribution in [-0.2, 0) is 11.3 Å². The van der Waals surface area contributed by atoms with Gasteiger partial charge >= 0.3 is 6.03 Å². The highest BCUT2D eigenvalue weighted by molar-refractivity contribution is 6.00. The predicted molar refractivity (Wildman–Crippen MR) is 97.1 cm³/mol. The summed E-state index contributed by atoms with van der Waals surface area (Å²) >= 11 is 0. The highest BCUT2D eigenvalue weighted by Crippen LogP contribution is 2.15. The van der Waals surface area contributed by atoms with E-state index in [1.807, 2.05) is 6.07 Å². The first-order valence-corrected chi connectivity index (χ1v) is 9.18. The van der Waals surface area contributed by atoms with Gasteiger partial charge in [0.25, 0.3) is 0 Å². The van der Waals surface area contributed by atoms with Crippen LogP contribution in [0.5, 0.6) is 0 Å². The molecule has 1 aromatic rings. The maximum Gasteiger partial charge on any atom is 0.325 e. The number of likely N-dealkylation sites (N-methyl/N-ethyl adjacent to an activating group) is 1. The summed E-state index contributed by atoms with van der Waals surface area (Å²) in [6.07, 6.45) is -0.273. The van der Waals surface area contributed by atoms with Crippen LogP contribution >= 0.6 is 0 Å². The van der Waals surface area contributed by atoms with Crippen molar-refractivity contribution in [2.45, 2.75) is 24.9 Å². The van der Waals surface area contributed by atoms with E-state index in [0.29, 0.717) is 0 Å². The van der Waals surface area contributed by atoms with E-state index in [4.69, 9.17) is 0 Å². The van der Waals surface area contributed by atoms with E-state index in [9.17, 15) is 9.59 Å². The van der Waals surface area contributed by atoms with Crippen molar-refractivity contribution in [1.82, 2.24) is 30.7 Å². The van der Waals surface area contributed by atoms with Gasteiger partial charge in [0, 0.05) is 46.3 Å². The Morgan fingerprint density at radius 1 is 1.00 bits per heavy atom. The summed E-state index contributed by atoms with van der Waals surface area (Å²) in [6.45, 7) is 5.89. The summed E-state index contributed by atoms with van der Waals surface area (Å²) in [5.41, 5.74) is 1.35. The topological polar surface area (TPSA) is 80.0 Å². The lowest BCUT2D eigenvalue weighted by molar-refractivity contribution is -0.124. The second kappa shape index (κ2) is 7.32. The van der Waals surface area contributed by atoms with Crippen LogP contribution in [0.4, 0.5) is 4.79 Å². The average molecular weight is 358 g/mol. The fraction of sp³-hybridized carbons (Fsp3) is 0.556. The molecule has 3 fully saturated rings. The van der Waals surface area contributed by atoms with Crippen LogP contribution in [0.2, 0.25) is 0 Å². The molecule has 3 heterocycles. The van der Waals surface area contributed by atoms with Gasteiger partial charge in [-0.05, 0) is 5.56 Å². The largest absolute Gasteiger partial charge is 0.325 e. The second-order valence-corrected chi connectivity index (χ2v) is 7.28. The molecule has 4 rings (SSSR count). The first kappa shape index (κ1) is 17.4. The first-order valence-electron chi connectivity index (χ1n) is 9.18. The lowest BCUT2D eigenvalue weighted by Crippen LogP contribution is -2.64. The number of carbonyl (C=O) groups excluding carboxylic acids is 2. The maximum atomic E-state index is 12.0. The molecule has 3 aliphatic rings. The van der Waals surface area contributed by atoms with Crippen LogP contribution in [0.15, 0.2) is 30.3 Å². The third kappa shape index (κ3) is 3.59. The van der Waals surface area contributed by atoms with Gasteiger partial charge in [-0.2, -0.15) is 0 Å². The van der Waals surface area contributed by atoms with Crippen LogP contribution in [0.1, 0.15) is 5.56 Å². The summed E-state index contributed by atoms with van der Waals surface area (Å²) in [5.74, 6) is -0.249. The Labute approximate surface area is 153 Å². The molecule has 3 unspecified atom stereocenters.